The summed E-state index contributed by atoms with van der Waals surface area (Å²) in [5, 5.41) is 0. The molecule has 1 fully saturated rings. The lowest BCUT2D eigenvalue weighted by Crippen LogP contribution is -2.38. The number of esters is 2. The number of nitrogens with one attached hydrogen (secondary N) is 1. The van der Waals surface area contributed by atoms with E-state index in [9.17, 15) is 14.4 Å². The van der Waals surface area contributed by atoms with Crippen LogP contribution in [0.15, 0.2) is 17.4 Å². The number of nitrogens with zero attached hydrogens (tertiary/aromatic N) is 3. The van der Waals surface area contributed by atoms with Crippen molar-refractivity contribution in [2.45, 2.75) is 45.3 Å². The quantitative estimate of drug-likeness (QED) is 0.770. The van der Waals surface area contributed by atoms with E-state index in [2.05, 4.69) is 15.0 Å². The molecule has 1 N–H and O–H groups in total. The van der Waals surface area contributed by atoms with E-state index in [0.29, 0.717) is 0 Å². The number of aromatic nitrogens is 4. The summed E-state index contributed by atoms with van der Waals surface area (Å²) in [4.78, 5) is 45.1. The Balaban J connectivity index is 2.03. The molecule has 0 spiro atoms. The van der Waals surface area contributed by atoms with E-state index in [0.717, 1.165) is 0 Å². The molecule has 128 valence electrons. The molecule has 0 saturated carbocycles. The summed E-state index contributed by atoms with van der Waals surface area (Å²) in [6.45, 7) is 4.21. The normalized spacial score (nSPS) is 26.5. The summed E-state index contributed by atoms with van der Waals surface area (Å²) in [7, 11) is 0. The van der Waals surface area contributed by atoms with Crippen LogP contribution in [0.5, 0.6) is 0 Å². The maximum Gasteiger partial charge on any atom is 0.303 e. The second-order valence-electron chi connectivity index (χ2n) is 5.44. The number of carbonyl (C=O) groups is 2. The highest BCUT2D eigenvalue weighted by Gasteiger charge is 2.48. The van der Waals surface area contributed by atoms with Gasteiger partial charge in [-0.25, -0.2) is 9.97 Å². The molecule has 1 aliphatic heterocycles. The Bertz CT molecular complexity index is 843. The van der Waals surface area contributed by atoms with E-state index in [1.807, 2.05) is 0 Å². The van der Waals surface area contributed by atoms with Gasteiger partial charge in [0.25, 0.3) is 5.56 Å². The molecular formula is C14H16N4O6. The van der Waals surface area contributed by atoms with Crippen LogP contribution < -0.4 is 5.56 Å². The summed E-state index contributed by atoms with van der Waals surface area (Å²) in [6.07, 6.45) is -0.409. The third-order valence-corrected chi connectivity index (χ3v) is 3.67. The van der Waals surface area contributed by atoms with E-state index in [-0.39, 0.29) is 11.2 Å². The van der Waals surface area contributed by atoms with Gasteiger partial charge >= 0.3 is 11.9 Å². The van der Waals surface area contributed by atoms with Gasteiger partial charge in [-0.3, -0.25) is 19.0 Å². The fourth-order valence-corrected chi connectivity index (χ4v) is 2.75. The second kappa shape index (κ2) is 6.04. The zero-order valence-electron chi connectivity index (χ0n) is 13.3. The van der Waals surface area contributed by atoms with E-state index < -0.39 is 42.0 Å². The van der Waals surface area contributed by atoms with Crippen LogP contribution in [0.3, 0.4) is 0 Å². The summed E-state index contributed by atoms with van der Waals surface area (Å²) in [6, 6.07) is 0. The first kappa shape index (κ1) is 16.1. The van der Waals surface area contributed by atoms with Gasteiger partial charge in [-0.05, 0) is 6.92 Å². The Morgan fingerprint density at radius 3 is 2.54 bits per heavy atom. The van der Waals surface area contributed by atoms with Crippen molar-refractivity contribution in [3.63, 3.8) is 0 Å². The van der Waals surface area contributed by atoms with Crippen LogP contribution in [-0.4, -0.2) is 49.8 Å². The van der Waals surface area contributed by atoms with Gasteiger partial charge in [0, 0.05) is 13.8 Å². The van der Waals surface area contributed by atoms with Crippen molar-refractivity contribution in [1.82, 2.24) is 19.5 Å². The maximum absolute atomic E-state index is 11.8. The lowest BCUT2D eigenvalue weighted by molar-refractivity contribution is -0.165. The summed E-state index contributed by atoms with van der Waals surface area (Å²) in [5.41, 5.74) is 0.00760. The number of H-pyrrole nitrogens is 1. The molecule has 1 saturated heterocycles. The average molecular weight is 336 g/mol. The number of aromatic amines is 1. The topological polar surface area (TPSA) is 125 Å². The fraction of sp³-hybridized carbons (Fsp3) is 0.500. The number of hydrogen-bond acceptors (Lipinski definition) is 8. The molecule has 0 aliphatic carbocycles. The van der Waals surface area contributed by atoms with Crippen molar-refractivity contribution in [3.05, 3.63) is 23.0 Å². The molecule has 0 bridgehead atoms. The highest BCUT2D eigenvalue weighted by Crippen LogP contribution is 2.34. The third-order valence-electron chi connectivity index (χ3n) is 3.67. The first-order valence-electron chi connectivity index (χ1n) is 7.28. The summed E-state index contributed by atoms with van der Waals surface area (Å²) >= 11 is 0. The van der Waals surface area contributed by atoms with Gasteiger partial charge < -0.3 is 19.2 Å². The van der Waals surface area contributed by atoms with Gasteiger partial charge in [-0.15, -0.1) is 0 Å². The molecule has 10 nitrogen and oxygen atoms in total. The Labute approximate surface area is 135 Å². The van der Waals surface area contributed by atoms with Crippen LogP contribution in [0.1, 0.15) is 27.0 Å². The van der Waals surface area contributed by atoms with Crippen LogP contribution in [0.2, 0.25) is 0 Å². The lowest BCUT2D eigenvalue weighted by Gasteiger charge is -2.23. The van der Waals surface area contributed by atoms with Crippen LogP contribution in [-0.2, 0) is 23.8 Å². The number of hydrogen-bond donors (Lipinski definition) is 1. The number of ether oxygens (including phenoxy) is 3. The van der Waals surface area contributed by atoms with E-state index in [1.54, 1.807) is 6.92 Å². The number of carbonyl (C=O) groups excluding carboxylic acids is 2. The maximum atomic E-state index is 11.8. The van der Waals surface area contributed by atoms with Crippen molar-refractivity contribution in [3.8, 4) is 0 Å². The molecule has 2 aromatic heterocycles. The van der Waals surface area contributed by atoms with Crippen LogP contribution in [0.25, 0.3) is 11.2 Å². The Morgan fingerprint density at radius 2 is 1.88 bits per heavy atom. The molecule has 10 heteroatoms. The summed E-state index contributed by atoms with van der Waals surface area (Å²) in [5.74, 6) is -1.06. The average Bonchev–Trinajstić information content (AvgIpc) is 3.03. The minimum Gasteiger partial charge on any atom is -0.456 e. The first-order chi connectivity index (χ1) is 11.4. The molecular weight excluding hydrogens is 320 g/mol. The fourth-order valence-electron chi connectivity index (χ4n) is 2.75. The molecule has 0 radical (unpaired) electrons. The largest absolute Gasteiger partial charge is 0.456 e. The number of imidazole rings is 1. The summed E-state index contributed by atoms with van der Waals surface area (Å²) < 4.78 is 17.8. The van der Waals surface area contributed by atoms with E-state index in [4.69, 9.17) is 14.2 Å². The zero-order chi connectivity index (χ0) is 17.4. The van der Waals surface area contributed by atoms with Crippen LogP contribution in [0.4, 0.5) is 0 Å². The predicted molar refractivity (Wildman–Crippen MR) is 78.8 cm³/mol. The molecule has 0 unspecified atom stereocenters. The van der Waals surface area contributed by atoms with E-state index >= 15 is 0 Å². The Hall–Kier alpha value is -2.75. The van der Waals surface area contributed by atoms with Crippen molar-refractivity contribution >= 4 is 23.1 Å². The Kier molecular flexibility index (Phi) is 4.06. The molecule has 3 heterocycles. The molecule has 0 amide bonds. The van der Waals surface area contributed by atoms with Gasteiger partial charge in [0.05, 0.1) is 18.8 Å². The molecule has 3 rings (SSSR count). The monoisotopic (exact) mass is 336 g/mol. The van der Waals surface area contributed by atoms with Gasteiger partial charge in [-0.1, -0.05) is 0 Å². The molecule has 24 heavy (non-hydrogen) atoms. The lowest BCUT2D eigenvalue weighted by atomic mass is 10.1. The molecule has 1 aliphatic rings. The Morgan fingerprint density at radius 1 is 1.21 bits per heavy atom. The highest BCUT2D eigenvalue weighted by molar-refractivity contribution is 5.69. The minimum atomic E-state index is -0.889. The van der Waals surface area contributed by atoms with Crippen LogP contribution >= 0.6 is 0 Å². The second-order valence-corrected chi connectivity index (χ2v) is 5.44. The zero-order valence-corrected chi connectivity index (χ0v) is 13.3. The van der Waals surface area contributed by atoms with E-state index in [1.165, 1.54) is 31.1 Å². The smallest absolute Gasteiger partial charge is 0.303 e. The van der Waals surface area contributed by atoms with Crippen molar-refractivity contribution < 1.29 is 23.8 Å². The van der Waals surface area contributed by atoms with Crippen molar-refractivity contribution in [1.29, 1.82) is 0 Å². The van der Waals surface area contributed by atoms with Gasteiger partial charge in [0.15, 0.2) is 29.6 Å². The van der Waals surface area contributed by atoms with Gasteiger partial charge in [0.1, 0.15) is 0 Å². The van der Waals surface area contributed by atoms with Crippen LogP contribution in [0, 0.1) is 0 Å². The predicted octanol–water partition coefficient (Wildman–Crippen LogP) is -0.0997. The standard InChI is InChI=1S/C14H16N4O6/c1-6-10(23-7(2)19)11(24-8(3)20)14(22-6)18-5-17-9-12(18)15-4-16-13(9)21/h4-6,10-11,14H,1-3H3,(H,15,16,21)/t6-,10-,11+,14-/m1/s1. The molecule has 4 atom stereocenters. The number of fused-ring (bicyclic) bond motifs is 1. The minimum absolute atomic E-state index is 0.131. The van der Waals surface area contributed by atoms with Crippen molar-refractivity contribution in [2.75, 3.05) is 0 Å². The van der Waals surface area contributed by atoms with Gasteiger partial charge in [0.2, 0.25) is 0 Å². The SMILES string of the molecule is CC(=O)O[C@H]1[C@H](OC(C)=O)[C@@H](C)O[C@H]1n1cnc2c(=O)[nH]cnc21. The van der Waals surface area contributed by atoms with Crippen molar-refractivity contribution in [2.24, 2.45) is 0 Å². The molecule has 0 aromatic carbocycles. The number of rotatable bonds is 3. The highest BCUT2D eigenvalue weighted by atomic mass is 16.6. The van der Waals surface area contributed by atoms with Gasteiger partial charge in [-0.2, -0.15) is 0 Å². The third kappa shape index (κ3) is 2.75. The first-order valence-corrected chi connectivity index (χ1v) is 7.28. The molecule has 2 aromatic rings.